The van der Waals surface area contributed by atoms with Gasteiger partial charge >= 0.3 is 6.03 Å². The van der Waals surface area contributed by atoms with Gasteiger partial charge in [-0.3, -0.25) is 0 Å². The summed E-state index contributed by atoms with van der Waals surface area (Å²) in [5.74, 6) is 1.34. The molecule has 0 aliphatic heterocycles. The van der Waals surface area contributed by atoms with E-state index in [1.54, 1.807) is 32.2 Å². The van der Waals surface area contributed by atoms with Gasteiger partial charge < -0.3 is 15.2 Å². The van der Waals surface area contributed by atoms with Gasteiger partial charge in [0.15, 0.2) is 11.5 Å². The van der Waals surface area contributed by atoms with Gasteiger partial charge in [-0.15, -0.1) is 0 Å². The van der Waals surface area contributed by atoms with Gasteiger partial charge in [0.25, 0.3) is 0 Å². The minimum Gasteiger partial charge on any atom is -0.493 e. The van der Waals surface area contributed by atoms with E-state index in [0.29, 0.717) is 11.5 Å². The van der Waals surface area contributed by atoms with Crippen molar-refractivity contribution < 1.29 is 14.3 Å². The van der Waals surface area contributed by atoms with Crippen LogP contribution in [0.1, 0.15) is 5.56 Å². The number of methoxy groups -OCH3 is 2. The molecular weight excluding hydrogens is 314 g/mol. The summed E-state index contributed by atoms with van der Waals surface area (Å²) in [6.07, 6.45) is 1.55. The second kappa shape index (κ2) is 8.09. The van der Waals surface area contributed by atoms with Gasteiger partial charge in [0.05, 0.1) is 20.4 Å². The van der Waals surface area contributed by atoms with Crippen molar-refractivity contribution in [1.82, 2.24) is 5.43 Å². The molecule has 0 heterocycles. The first-order valence-electron chi connectivity index (χ1n) is 6.71. The fourth-order valence-electron chi connectivity index (χ4n) is 1.85. The first kappa shape index (κ1) is 16.7. The van der Waals surface area contributed by atoms with Crippen LogP contribution in [0.5, 0.6) is 11.5 Å². The van der Waals surface area contributed by atoms with Gasteiger partial charge in [-0.25, -0.2) is 10.2 Å². The minimum atomic E-state index is -0.703. The fraction of sp³-hybridized carbons (Fsp3) is 0.125. The molecule has 2 rings (SSSR count). The number of carbonyl (C=O) groups excluding carboxylic acids is 1. The summed E-state index contributed by atoms with van der Waals surface area (Å²) in [4.78, 5) is 12.6. The van der Waals surface area contributed by atoms with Crippen molar-refractivity contribution in [2.45, 2.75) is 9.79 Å². The number of hydrazone groups is 1. The third kappa shape index (κ3) is 4.65. The van der Waals surface area contributed by atoms with Crippen molar-refractivity contribution >= 4 is 24.0 Å². The molecule has 0 aliphatic carbocycles. The Morgan fingerprint density at radius 2 is 1.91 bits per heavy atom. The molecule has 0 saturated carbocycles. The van der Waals surface area contributed by atoms with E-state index in [1.165, 1.54) is 0 Å². The summed E-state index contributed by atoms with van der Waals surface area (Å²) in [6, 6.07) is 12.7. The largest absolute Gasteiger partial charge is 0.493 e. The van der Waals surface area contributed by atoms with Crippen LogP contribution in [-0.4, -0.2) is 26.5 Å². The molecular formula is C16H17N3O3S. The highest BCUT2D eigenvalue weighted by Crippen LogP contribution is 2.36. The Kier molecular flexibility index (Phi) is 5.87. The minimum absolute atomic E-state index is 0.666. The van der Waals surface area contributed by atoms with E-state index < -0.39 is 6.03 Å². The monoisotopic (exact) mass is 331 g/mol. The number of nitrogens with two attached hydrogens (primary N) is 1. The molecule has 0 radical (unpaired) electrons. The van der Waals surface area contributed by atoms with Crippen LogP contribution in [0.3, 0.4) is 0 Å². The van der Waals surface area contributed by atoms with Gasteiger partial charge in [-0.1, -0.05) is 30.0 Å². The Bertz CT molecular complexity index is 719. The SMILES string of the molecule is COc1ccc(Sc2ccccc2/C=N\NC(N)=O)cc1OC. The van der Waals surface area contributed by atoms with Gasteiger partial charge in [0.1, 0.15) is 0 Å². The Morgan fingerprint density at radius 3 is 2.61 bits per heavy atom. The molecule has 0 spiro atoms. The topological polar surface area (TPSA) is 85.9 Å². The van der Waals surface area contributed by atoms with Crippen LogP contribution >= 0.6 is 11.8 Å². The predicted octanol–water partition coefficient (Wildman–Crippen LogP) is 2.86. The number of ether oxygens (including phenoxy) is 2. The Morgan fingerprint density at radius 1 is 1.17 bits per heavy atom. The number of primary amides is 1. The normalized spacial score (nSPS) is 10.5. The molecule has 6 nitrogen and oxygen atoms in total. The number of hydrogen-bond acceptors (Lipinski definition) is 5. The molecule has 0 atom stereocenters. The summed E-state index contributed by atoms with van der Waals surface area (Å²) in [5.41, 5.74) is 8.03. The molecule has 0 fully saturated rings. The molecule has 0 unspecified atom stereocenters. The molecule has 0 aromatic heterocycles. The van der Waals surface area contributed by atoms with E-state index in [4.69, 9.17) is 15.2 Å². The first-order valence-corrected chi connectivity index (χ1v) is 7.53. The molecule has 7 heteroatoms. The van der Waals surface area contributed by atoms with Crippen LogP contribution in [0, 0.1) is 0 Å². The van der Waals surface area contributed by atoms with E-state index in [0.717, 1.165) is 15.4 Å². The Hall–Kier alpha value is -2.67. The van der Waals surface area contributed by atoms with Crippen LogP contribution in [0.2, 0.25) is 0 Å². The van der Waals surface area contributed by atoms with Crippen LogP contribution in [0.25, 0.3) is 0 Å². The highest BCUT2D eigenvalue weighted by molar-refractivity contribution is 7.99. The van der Waals surface area contributed by atoms with E-state index >= 15 is 0 Å². The average molecular weight is 331 g/mol. The zero-order valence-electron chi connectivity index (χ0n) is 12.8. The summed E-state index contributed by atoms with van der Waals surface area (Å²) in [6.45, 7) is 0. The molecule has 2 aromatic rings. The maximum atomic E-state index is 10.7. The lowest BCUT2D eigenvalue weighted by atomic mass is 10.2. The van der Waals surface area contributed by atoms with Crippen LogP contribution in [-0.2, 0) is 0 Å². The number of urea groups is 1. The number of hydrogen-bond donors (Lipinski definition) is 2. The van der Waals surface area contributed by atoms with Crippen molar-refractivity contribution in [3.05, 3.63) is 48.0 Å². The standard InChI is InChI=1S/C16H17N3O3S/c1-21-13-8-7-12(9-14(13)22-2)23-15-6-4-3-5-11(15)10-18-19-16(17)20/h3-10H,1-2H3,(H3,17,19,20)/b18-10-. The third-order valence-electron chi connectivity index (χ3n) is 2.88. The smallest absolute Gasteiger partial charge is 0.332 e. The number of benzene rings is 2. The molecule has 120 valence electrons. The summed E-state index contributed by atoms with van der Waals surface area (Å²) in [7, 11) is 3.20. The zero-order chi connectivity index (χ0) is 16.7. The van der Waals surface area contributed by atoms with Crippen LogP contribution in [0.4, 0.5) is 4.79 Å². The van der Waals surface area contributed by atoms with Crippen molar-refractivity contribution in [2.75, 3.05) is 14.2 Å². The zero-order valence-corrected chi connectivity index (χ0v) is 13.6. The molecule has 2 aromatic carbocycles. The number of nitrogens with one attached hydrogen (secondary N) is 1. The second-order valence-corrected chi connectivity index (χ2v) is 5.51. The summed E-state index contributed by atoms with van der Waals surface area (Å²) < 4.78 is 10.5. The summed E-state index contributed by atoms with van der Waals surface area (Å²) >= 11 is 1.55. The molecule has 0 saturated heterocycles. The molecule has 23 heavy (non-hydrogen) atoms. The lowest BCUT2D eigenvalue weighted by Crippen LogP contribution is -2.24. The lowest BCUT2D eigenvalue weighted by molar-refractivity contribution is 0.249. The van der Waals surface area contributed by atoms with Gasteiger partial charge in [-0.2, -0.15) is 5.10 Å². The lowest BCUT2D eigenvalue weighted by Gasteiger charge is -2.10. The van der Waals surface area contributed by atoms with Crippen molar-refractivity contribution in [1.29, 1.82) is 0 Å². The highest BCUT2D eigenvalue weighted by Gasteiger charge is 2.07. The van der Waals surface area contributed by atoms with Gasteiger partial charge in [0.2, 0.25) is 0 Å². The van der Waals surface area contributed by atoms with Gasteiger partial charge in [0, 0.05) is 15.4 Å². The van der Waals surface area contributed by atoms with Gasteiger partial charge in [-0.05, 0) is 24.3 Å². The molecule has 0 bridgehead atoms. The fourth-order valence-corrected chi connectivity index (χ4v) is 2.79. The summed E-state index contributed by atoms with van der Waals surface area (Å²) in [5, 5.41) is 3.80. The Labute approximate surface area is 138 Å². The third-order valence-corrected chi connectivity index (χ3v) is 3.96. The van der Waals surface area contributed by atoms with E-state index in [9.17, 15) is 4.79 Å². The number of rotatable bonds is 6. The van der Waals surface area contributed by atoms with Crippen LogP contribution in [0.15, 0.2) is 57.4 Å². The predicted molar refractivity (Wildman–Crippen MR) is 90.4 cm³/mol. The number of carbonyl (C=O) groups is 1. The van der Waals surface area contributed by atoms with E-state index in [-0.39, 0.29) is 0 Å². The number of amides is 2. The maximum Gasteiger partial charge on any atom is 0.332 e. The quantitative estimate of drug-likeness (QED) is 0.629. The molecule has 3 N–H and O–H groups in total. The van der Waals surface area contributed by atoms with E-state index in [2.05, 4.69) is 10.5 Å². The highest BCUT2D eigenvalue weighted by atomic mass is 32.2. The van der Waals surface area contributed by atoms with Crippen molar-refractivity contribution in [3.63, 3.8) is 0 Å². The number of nitrogens with zero attached hydrogens (tertiary/aromatic N) is 1. The Balaban J connectivity index is 2.23. The second-order valence-electron chi connectivity index (χ2n) is 4.39. The first-order chi connectivity index (χ1) is 11.1. The average Bonchev–Trinajstić information content (AvgIpc) is 2.56. The van der Waals surface area contributed by atoms with E-state index in [1.807, 2.05) is 42.5 Å². The molecule has 0 aliphatic rings. The molecule has 2 amide bonds. The van der Waals surface area contributed by atoms with Crippen molar-refractivity contribution in [2.24, 2.45) is 10.8 Å². The maximum absolute atomic E-state index is 10.7. The van der Waals surface area contributed by atoms with Crippen LogP contribution < -0.4 is 20.6 Å². The van der Waals surface area contributed by atoms with Crippen molar-refractivity contribution in [3.8, 4) is 11.5 Å².